The largest absolute Gasteiger partial charge is 0.455 e. The van der Waals surface area contributed by atoms with Crippen molar-refractivity contribution in [2.75, 3.05) is 0 Å². The molecule has 3 aromatic carbocycles. The minimum atomic E-state index is -0.369. The third-order valence-electron chi connectivity index (χ3n) is 3.12. The van der Waals surface area contributed by atoms with Gasteiger partial charge < -0.3 is 4.74 Å². The molecule has 4 heteroatoms. The normalized spacial score (nSPS) is 10.3. The second-order valence-corrected chi connectivity index (χ2v) is 5.30. The van der Waals surface area contributed by atoms with Crippen molar-refractivity contribution in [3.8, 4) is 17.6 Å². The van der Waals surface area contributed by atoms with E-state index in [1.54, 1.807) is 18.2 Å². The highest BCUT2D eigenvalue weighted by molar-refractivity contribution is 9.10. The highest BCUT2D eigenvalue weighted by atomic mass is 79.9. The molecule has 0 radical (unpaired) electrons. The average Bonchev–Trinajstić information content (AvgIpc) is 2.51. The third-order valence-corrected chi connectivity index (χ3v) is 3.77. The Morgan fingerprint density at radius 3 is 2.48 bits per heavy atom. The molecule has 0 amide bonds. The van der Waals surface area contributed by atoms with Crippen molar-refractivity contribution in [2.45, 2.75) is 0 Å². The molecule has 0 aromatic heterocycles. The van der Waals surface area contributed by atoms with Gasteiger partial charge in [-0.1, -0.05) is 24.3 Å². The van der Waals surface area contributed by atoms with E-state index in [1.807, 2.05) is 24.3 Å². The van der Waals surface area contributed by atoms with Gasteiger partial charge in [-0.15, -0.1) is 0 Å². The Morgan fingerprint density at radius 2 is 1.71 bits per heavy atom. The number of nitriles is 1. The topological polar surface area (TPSA) is 33.0 Å². The number of fused-ring (bicyclic) bond motifs is 1. The molecule has 0 aliphatic rings. The molecule has 0 N–H and O–H groups in total. The first kappa shape index (κ1) is 13.6. The van der Waals surface area contributed by atoms with E-state index in [-0.39, 0.29) is 5.82 Å². The average molecular weight is 342 g/mol. The van der Waals surface area contributed by atoms with Crippen molar-refractivity contribution in [1.82, 2.24) is 0 Å². The summed E-state index contributed by atoms with van der Waals surface area (Å²) in [4.78, 5) is 0. The van der Waals surface area contributed by atoms with Gasteiger partial charge in [0.25, 0.3) is 0 Å². The Bertz CT molecular complexity index is 870. The van der Waals surface area contributed by atoms with Crippen LogP contribution in [0.1, 0.15) is 5.56 Å². The van der Waals surface area contributed by atoms with Crippen molar-refractivity contribution >= 4 is 26.7 Å². The van der Waals surface area contributed by atoms with Crippen molar-refractivity contribution in [2.24, 2.45) is 0 Å². The standard InChI is InChI=1S/C17H9BrFNO/c18-15-7-6-12(19)9-17(15)21-16-8-5-11(10-20)13-3-1-2-4-14(13)16/h1-9H. The van der Waals surface area contributed by atoms with Crippen molar-refractivity contribution < 1.29 is 9.13 Å². The minimum absolute atomic E-state index is 0.369. The predicted octanol–water partition coefficient (Wildman–Crippen LogP) is 5.41. The summed E-state index contributed by atoms with van der Waals surface area (Å²) in [5.41, 5.74) is 0.580. The van der Waals surface area contributed by atoms with Crippen LogP contribution < -0.4 is 4.74 Å². The van der Waals surface area contributed by atoms with E-state index in [1.165, 1.54) is 12.1 Å². The highest BCUT2D eigenvalue weighted by Gasteiger charge is 2.09. The van der Waals surface area contributed by atoms with Gasteiger partial charge >= 0.3 is 0 Å². The fourth-order valence-electron chi connectivity index (χ4n) is 2.13. The quantitative estimate of drug-likeness (QED) is 0.624. The molecule has 0 unspecified atom stereocenters. The van der Waals surface area contributed by atoms with E-state index in [2.05, 4.69) is 22.0 Å². The van der Waals surface area contributed by atoms with E-state index < -0.39 is 0 Å². The fourth-order valence-corrected chi connectivity index (χ4v) is 2.46. The summed E-state index contributed by atoms with van der Waals surface area (Å²) in [6.07, 6.45) is 0. The predicted molar refractivity (Wildman–Crippen MR) is 82.8 cm³/mol. The lowest BCUT2D eigenvalue weighted by atomic mass is 10.0. The lowest BCUT2D eigenvalue weighted by Gasteiger charge is -2.11. The monoisotopic (exact) mass is 341 g/mol. The van der Waals surface area contributed by atoms with Gasteiger partial charge in [-0.25, -0.2) is 4.39 Å². The van der Waals surface area contributed by atoms with Gasteiger partial charge in [0.2, 0.25) is 0 Å². The molecule has 0 fully saturated rings. The number of hydrogen-bond donors (Lipinski definition) is 0. The summed E-state index contributed by atoms with van der Waals surface area (Å²) >= 11 is 3.34. The van der Waals surface area contributed by atoms with Crippen LogP contribution in [0.4, 0.5) is 4.39 Å². The molecule has 0 bridgehead atoms. The SMILES string of the molecule is N#Cc1ccc(Oc2cc(F)ccc2Br)c2ccccc12. The Balaban J connectivity index is 2.14. The maximum absolute atomic E-state index is 13.3. The first-order chi connectivity index (χ1) is 10.2. The van der Waals surface area contributed by atoms with Crippen LogP contribution >= 0.6 is 15.9 Å². The summed E-state index contributed by atoms with van der Waals surface area (Å²) in [6, 6.07) is 17.3. The Kier molecular flexibility index (Phi) is 3.59. The van der Waals surface area contributed by atoms with Gasteiger partial charge in [0, 0.05) is 16.8 Å². The van der Waals surface area contributed by atoms with Crippen LogP contribution in [0, 0.1) is 17.1 Å². The van der Waals surface area contributed by atoms with E-state index in [0.29, 0.717) is 21.5 Å². The smallest absolute Gasteiger partial charge is 0.144 e. The number of hydrogen-bond acceptors (Lipinski definition) is 2. The molecule has 0 atom stereocenters. The second-order valence-electron chi connectivity index (χ2n) is 4.45. The maximum atomic E-state index is 13.3. The maximum Gasteiger partial charge on any atom is 0.144 e. The summed E-state index contributed by atoms with van der Waals surface area (Å²) in [7, 11) is 0. The summed E-state index contributed by atoms with van der Waals surface area (Å²) < 4.78 is 19.8. The van der Waals surface area contributed by atoms with Gasteiger partial charge in [-0.3, -0.25) is 0 Å². The fraction of sp³-hybridized carbons (Fsp3) is 0. The number of rotatable bonds is 2. The van der Waals surface area contributed by atoms with E-state index in [0.717, 1.165) is 10.8 Å². The molecule has 0 saturated heterocycles. The minimum Gasteiger partial charge on any atom is -0.455 e. The van der Waals surface area contributed by atoms with Crippen LogP contribution in [-0.4, -0.2) is 0 Å². The van der Waals surface area contributed by atoms with E-state index in [9.17, 15) is 4.39 Å². The van der Waals surface area contributed by atoms with Crippen LogP contribution in [0.5, 0.6) is 11.5 Å². The summed E-state index contributed by atoms with van der Waals surface area (Å²) in [6.45, 7) is 0. The second kappa shape index (κ2) is 5.55. The van der Waals surface area contributed by atoms with E-state index in [4.69, 9.17) is 10.00 Å². The Hall–Kier alpha value is -2.38. The number of ether oxygens (including phenoxy) is 1. The van der Waals surface area contributed by atoms with Gasteiger partial charge in [0.15, 0.2) is 0 Å². The Labute approximate surface area is 129 Å². The molecule has 0 spiro atoms. The lowest BCUT2D eigenvalue weighted by molar-refractivity contribution is 0.479. The summed E-state index contributed by atoms with van der Waals surface area (Å²) in [5, 5.41) is 10.8. The Morgan fingerprint density at radius 1 is 0.952 bits per heavy atom. The molecule has 0 heterocycles. The molecule has 3 aromatic rings. The summed E-state index contributed by atoms with van der Waals surface area (Å²) in [5.74, 6) is 0.604. The van der Waals surface area contributed by atoms with Crippen LogP contribution in [0.3, 0.4) is 0 Å². The zero-order valence-electron chi connectivity index (χ0n) is 10.8. The molecule has 0 saturated carbocycles. The van der Waals surface area contributed by atoms with Gasteiger partial charge in [-0.05, 0) is 40.2 Å². The molecular formula is C17H9BrFNO. The van der Waals surface area contributed by atoms with Gasteiger partial charge in [0.1, 0.15) is 17.3 Å². The first-order valence-corrected chi connectivity index (χ1v) is 7.03. The zero-order chi connectivity index (χ0) is 14.8. The first-order valence-electron chi connectivity index (χ1n) is 6.24. The lowest BCUT2D eigenvalue weighted by Crippen LogP contribution is -1.90. The molecule has 102 valence electrons. The third kappa shape index (κ3) is 2.61. The van der Waals surface area contributed by atoms with Gasteiger partial charge in [-0.2, -0.15) is 5.26 Å². The van der Waals surface area contributed by atoms with Crippen molar-refractivity contribution in [1.29, 1.82) is 5.26 Å². The number of nitrogens with zero attached hydrogens (tertiary/aromatic N) is 1. The van der Waals surface area contributed by atoms with Crippen molar-refractivity contribution in [3.63, 3.8) is 0 Å². The van der Waals surface area contributed by atoms with Crippen LogP contribution in [0.2, 0.25) is 0 Å². The van der Waals surface area contributed by atoms with E-state index >= 15 is 0 Å². The molecule has 21 heavy (non-hydrogen) atoms. The van der Waals surface area contributed by atoms with Crippen LogP contribution in [0.15, 0.2) is 59.1 Å². The zero-order valence-corrected chi connectivity index (χ0v) is 12.4. The highest BCUT2D eigenvalue weighted by Crippen LogP contribution is 2.35. The molecule has 3 rings (SSSR count). The number of benzene rings is 3. The van der Waals surface area contributed by atoms with Crippen LogP contribution in [-0.2, 0) is 0 Å². The number of halogens is 2. The van der Waals surface area contributed by atoms with Crippen molar-refractivity contribution in [3.05, 3.63) is 70.5 Å². The van der Waals surface area contributed by atoms with Gasteiger partial charge in [0.05, 0.1) is 16.1 Å². The molecule has 2 nitrogen and oxygen atoms in total. The molecule has 0 aliphatic carbocycles. The molecular weight excluding hydrogens is 333 g/mol. The molecule has 0 aliphatic heterocycles. The van der Waals surface area contributed by atoms with Crippen LogP contribution in [0.25, 0.3) is 10.8 Å².